The molecule has 0 aromatic heterocycles. The van der Waals surface area contributed by atoms with Crippen molar-refractivity contribution in [2.75, 3.05) is 13.2 Å². The topological polar surface area (TPSA) is 41.8 Å². The smallest absolute Gasteiger partial charge is 0.183 e. The van der Waals surface area contributed by atoms with Gasteiger partial charge < -0.3 is 9.84 Å². The number of aliphatic hydroxyl groups excluding tert-OH is 1. The highest BCUT2D eigenvalue weighted by Gasteiger charge is 2.16. The first-order chi connectivity index (χ1) is 12.4. The maximum Gasteiger partial charge on any atom is 0.183 e. The molecule has 0 amide bonds. The second-order valence-corrected chi connectivity index (χ2v) is 7.36. The molecule has 0 fully saturated rings. The minimum atomic E-state index is -0.0101. The highest BCUT2D eigenvalue weighted by molar-refractivity contribution is 5.77. The predicted molar refractivity (Wildman–Crippen MR) is 108 cm³/mol. The Labute approximate surface area is 156 Å². The summed E-state index contributed by atoms with van der Waals surface area (Å²) in [7, 11) is 0. The average molecular weight is 352 g/mol. The Bertz CT molecular complexity index is 352. The first-order valence-corrected chi connectivity index (χ1v) is 10.8. The zero-order chi connectivity index (χ0) is 18.0. The normalized spacial score (nSPS) is 17.2. The summed E-state index contributed by atoms with van der Waals surface area (Å²) in [6.07, 6.45) is 24.4. The maximum atomic E-state index is 9.00. The summed E-state index contributed by atoms with van der Waals surface area (Å²) in [6, 6.07) is -0.0101. The van der Waals surface area contributed by atoms with Crippen LogP contribution in [0.5, 0.6) is 0 Å². The van der Waals surface area contributed by atoms with Gasteiger partial charge in [0.05, 0.1) is 6.61 Å². The van der Waals surface area contributed by atoms with Gasteiger partial charge in [-0.2, -0.15) is 0 Å². The lowest BCUT2D eigenvalue weighted by molar-refractivity contribution is 0.226. The molecule has 1 rings (SSSR count). The Kier molecular flexibility index (Phi) is 14.8. The lowest BCUT2D eigenvalue weighted by Crippen LogP contribution is -2.10. The average Bonchev–Trinajstić information content (AvgIpc) is 3.09. The van der Waals surface area contributed by atoms with E-state index in [-0.39, 0.29) is 12.6 Å². The Balaban J connectivity index is 1.76. The first kappa shape index (κ1) is 22.2. The SMILES string of the molecule is CCCCCCCC/C=C\CCCCCCCCC1=NC(CO)CO1. The van der Waals surface area contributed by atoms with Gasteiger partial charge in [-0.05, 0) is 32.1 Å². The van der Waals surface area contributed by atoms with Crippen LogP contribution in [0.4, 0.5) is 0 Å². The molecule has 3 heteroatoms. The molecule has 0 aromatic carbocycles. The van der Waals surface area contributed by atoms with Crippen molar-refractivity contribution in [1.29, 1.82) is 0 Å². The highest BCUT2D eigenvalue weighted by atomic mass is 16.5. The minimum absolute atomic E-state index is 0.0101. The number of aliphatic imine (C=N–C) groups is 1. The quantitative estimate of drug-likeness (QED) is 0.250. The minimum Gasteiger partial charge on any atom is -0.479 e. The van der Waals surface area contributed by atoms with E-state index in [4.69, 9.17) is 9.84 Å². The molecule has 0 aliphatic carbocycles. The van der Waals surface area contributed by atoms with Crippen molar-refractivity contribution >= 4 is 5.90 Å². The molecule has 1 aliphatic rings. The van der Waals surface area contributed by atoms with Crippen LogP contribution in [0.2, 0.25) is 0 Å². The van der Waals surface area contributed by atoms with Crippen LogP contribution in [0, 0.1) is 0 Å². The van der Waals surface area contributed by atoms with Gasteiger partial charge in [0.25, 0.3) is 0 Å². The molecule has 0 radical (unpaired) electrons. The van der Waals surface area contributed by atoms with Gasteiger partial charge in [0.15, 0.2) is 5.90 Å². The second kappa shape index (κ2) is 16.6. The van der Waals surface area contributed by atoms with E-state index in [1.807, 2.05) is 0 Å². The predicted octanol–water partition coefficient (Wildman–Crippen LogP) is 6.20. The maximum absolute atomic E-state index is 9.00. The summed E-state index contributed by atoms with van der Waals surface area (Å²) in [5.74, 6) is 0.856. The van der Waals surface area contributed by atoms with E-state index in [2.05, 4.69) is 24.1 Å². The zero-order valence-electron chi connectivity index (χ0n) is 16.6. The summed E-state index contributed by atoms with van der Waals surface area (Å²) in [6.45, 7) is 2.95. The van der Waals surface area contributed by atoms with E-state index in [0.717, 1.165) is 18.7 Å². The third-order valence-corrected chi connectivity index (χ3v) is 4.88. The van der Waals surface area contributed by atoms with E-state index in [1.54, 1.807) is 0 Å². The summed E-state index contributed by atoms with van der Waals surface area (Å²) >= 11 is 0. The number of unbranched alkanes of at least 4 members (excludes halogenated alkanes) is 12. The van der Waals surface area contributed by atoms with Crippen LogP contribution in [0.1, 0.15) is 103 Å². The standard InChI is InChI=1S/C22H41NO2/c1-2-3-4-5-6-7-8-9-10-11-12-13-14-15-16-17-18-22-23-21(19-24)20-25-22/h9-10,21,24H,2-8,11-20H2,1H3/b10-9-. The first-order valence-electron chi connectivity index (χ1n) is 10.8. The van der Waals surface area contributed by atoms with E-state index in [9.17, 15) is 0 Å². The number of aliphatic hydroxyl groups is 1. The molecule has 1 unspecified atom stereocenters. The molecule has 1 aliphatic heterocycles. The number of ether oxygens (including phenoxy) is 1. The van der Waals surface area contributed by atoms with Gasteiger partial charge in [-0.25, -0.2) is 4.99 Å². The van der Waals surface area contributed by atoms with E-state index < -0.39 is 0 Å². The fourth-order valence-corrected chi connectivity index (χ4v) is 3.22. The van der Waals surface area contributed by atoms with Gasteiger partial charge in [-0.15, -0.1) is 0 Å². The van der Waals surface area contributed by atoms with Gasteiger partial charge in [-0.1, -0.05) is 76.9 Å². The van der Waals surface area contributed by atoms with Crippen molar-refractivity contribution in [1.82, 2.24) is 0 Å². The number of hydrogen-bond acceptors (Lipinski definition) is 3. The Morgan fingerprint density at radius 2 is 1.44 bits per heavy atom. The van der Waals surface area contributed by atoms with Crippen molar-refractivity contribution in [2.45, 2.75) is 109 Å². The van der Waals surface area contributed by atoms with Crippen LogP contribution in [0.3, 0.4) is 0 Å². The molecule has 1 atom stereocenters. The van der Waals surface area contributed by atoms with Gasteiger partial charge >= 0.3 is 0 Å². The van der Waals surface area contributed by atoms with Gasteiger partial charge in [0.2, 0.25) is 0 Å². The summed E-state index contributed by atoms with van der Waals surface area (Å²) in [5.41, 5.74) is 0. The highest BCUT2D eigenvalue weighted by Crippen LogP contribution is 2.13. The van der Waals surface area contributed by atoms with Crippen LogP contribution in [0.25, 0.3) is 0 Å². The van der Waals surface area contributed by atoms with Crippen LogP contribution >= 0.6 is 0 Å². The van der Waals surface area contributed by atoms with Gasteiger partial charge in [-0.3, -0.25) is 0 Å². The molecular weight excluding hydrogens is 310 g/mol. The summed E-state index contributed by atoms with van der Waals surface area (Å²) in [5, 5.41) is 9.00. The van der Waals surface area contributed by atoms with Gasteiger partial charge in [0.1, 0.15) is 12.6 Å². The molecule has 3 nitrogen and oxygen atoms in total. The number of rotatable bonds is 17. The van der Waals surface area contributed by atoms with Crippen LogP contribution in [-0.4, -0.2) is 30.3 Å². The molecule has 0 saturated heterocycles. The van der Waals surface area contributed by atoms with Crippen molar-refractivity contribution in [3.63, 3.8) is 0 Å². The lowest BCUT2D eigenvalue weighted by Gasteiger charge is -2.02. The summed E-state index contributed by atoms with van der Waals surface area (Å²) in [4.78, 5) is 4.35. The lowest BCUT2D eigenvalue weighted by atomic mass is 10.1. The monoisotopic (exact) mass is 351 g/mol. The molecule has 0 aromatic rings. The number of nitrogens with zero attached hydrogens (tertiary/aromatic N) is 1. The zero-order valence-corrected chi connectivity index (χ0v) is 16.6. The van der Waals surface area contributed by atoms with E-state index >= 15 is 0 Å². The molecule has 0 saturated carbocycles. The Hall–Kier alpha value is -0.830. The molecule has 25 heavy (non-hydrogen) atoms. The second-order valence-electron chi connectivity index (χ2n) is 7.36. The van der Waals surface area contributed by atoms with Crippen molar-refractivity contribution in [3.05, 3.63) is 12.2 Å². The third kappa shape index (κ3) is 13.1. The molecule has 0 spiro atoms. The van der Waals surface area contributed by atoms with Crippen molar-refractivity contribution in [3.8, 4) is 0 Å². The Morgan fingerprint density at radius 3 is 2.00 bits per heavy atom. The van der Waals surface area contributed by atoms with Crippen LogP contribution < -0.4 is 0 Å². The van der Waals surface area contributed by atoms with E-state index in [0.29, 0.717) is 6.61 Å². The Morgan fingerprint density at radius 1 is 0.880 bits per heavy atom. The molecule has 1 heterocycles. The fraction of sp³-hybridized carbons (Fsp3) is 0.864. The van der Waals surface area contributed by atoms with Crippen molar-refractivity contribution < 1.29 is 9.84 Å². The summed E-state index contributed by atoms with van der Waals surface area (Å²) < 4.78 is 5.46. The molecular formula is C22H41NO2. The van der Waals surface area contributed by atoms with E-state index in [1.165, 1.54) is 83.5 Å². The number of hydrogen-bond donors (Lipinski definition) is 1. The molecule has 1 N–H and O–H groups in total. The molecule has 146 valence electrons. The largest absolute Gasteiger partial charge is 0.479 e. The van der Waals surface area contributed by atoms with Crippen molar-refractivity contribution in [2.24, 2.45) is 4.99 Å². The third-order valence-electron chi connectivity index (χ3n) is 4.88. The van der Waals surface area contributed by atoms with Crippen LogP contribution in [0.15, 0.2) is 17.1 Å². The number of allylic oxidation sites excluding steroid dienone is 2. The van der Waals surface area contributed by atoms with Gasteiger partial charge in [0, 0.05) is 6.42 Å². The molecule has 0 bridgehead atoms. The van der Waals surface area contributed by atoms with Crippen LogP contribution in [-0.2, 0) is 4.74 Å². The fourth-order valence-electron chi connectivity index (χ4n) is 3.22.